The molecule has 1 saturated heterocycles. The maximum absolute atomic E-state index is 13.8. The third-order valence-corrected chi connectivity index (χ3v) is 7.78. The van der Waals surface area contributed by atoms with Crippen LogP contribution in [-0.2, 0) is 0 Å². The van der Waals surface area contributed by atoms with E-state index >= 15 is 0 Å². The largest absolute Gasteiger partial charge is 0.491 e. The van der Waals surface area contributed by atoms with E-state index in [9.17, 15) is 4.79 Å². The molecular formula is C28H40N8O2. The second-order valence-corrected chi connectivity index (χ2v) is 10.7. The molecule has 10 heteroatoms. The van der Waals surface area contributed by atoms with Crippen LogP contribution >= 0.6 is 0 Å². The lowest BCUT2D eigenvalue weighted by atomic mass is 10.1. The van der Waals surface area contributed by atoms with Gasteiger partial charge in [-0.15, -0.1) is 0 Å². The van der Waals surface area contributed by atoms with E-state index in [2.05, 4.69) is 41.8 Å². The maximum atomic E-state index is 13.8. The summed E-state index contributed by atoms with van der Waals surface area (Å²) in [5.41, 5.74) is 9.41. The lowest BCUT2D eigenvalue weighted by molar-refractivity contribution is 0.0717. The van der Waals surface area contributed by atoms with Gasteiger partial charge in [-0.05, 0) is 38.9 Å². The highest BCUT2D eigenvalue weighted by atomic mass is 16.5. The predicted octanol–water partition coefficient (Wildman–Crippen LogP) is 2.56. The molecule has 38 heavy (non-hydrogen) atoms. The molecule has 4 heterocycles. The fourth-order valence-electron chi connectivity index (χ4n) is 5.36. The number of anilines is 2. The minimum Gasteiger partial charge on any atom is -0.491 e. The molecule has 0 unspecified atom stereocenters. The summed E-state index contributed by atoms with van der Waals surface area (Å²) in [6, 6.07) is 9.89. The van der Waals surface area contributed by atoms with E-state index in [0.29, 0.717) is 17.9 Å². The Balaban J connectivity index is 1.61. The van der Waals surface area contributed by atoms with E-state index in [0.717, 1.165) is 74.1 Å². The summed E-state index contributed by atoms with van der Waals surface area (Å²) in [6.07, 6.45) is 1.68. The highest BCUT2D eigenvalue weighted by molar-refractivity contribution is 5.97. The topological polar surface area (TPSA) is 95.5 Å². The monoisotopic (exact) mass is 520 g/mol. The molecule has 3 aromatic rings. The number of benzene rings is 1. The van der Waals surface area contributed by atoms with Crippen molar-refractivity contribution in [1.82, 2.24) is 24.4 Å². The zero-order valence-electron chi connectivity index (χ0n) is 23.2. The first-order valence-corrected chi connectivity index (χ1v) is 13.6. The van der Waals surface area contributed by atoms with E-state index in [1.54, 1.807) is 4.90 Å². The second-order valence-electron chi connectivity index (χ2n) is 10.7. The Bertz CT molecular complexity index is 1310. The van der Waals surface area contributed by atoms with Crippen molar-refractivity contribution < 1.29 is 9.53 Å². The number of aryl methyl sites for hydroxylation is 1. The third-order valence-electron chi connectivity index (χ3n) is 7.78. The number of rotatable bonds is 2. The molecule has 2 bridgehead atoms. The number of aromatic nitrogens is 3. The van der Waals surface area contributed by atoms with Crippen molar-refractivity contribution in [3.8, 4) is 5.75 Å². The van der Waals surface area contributed by atoms with Gasteiger partial charge in [-0.1, -0.05) is 18.6 Å². The molecule has 2 N–H and O–H groups in total. The Morgan fingerprint density at radius 3 is 2.63 bits per heavy atom. The van der Waals surface area contributed by atoms with Crippen LogP contribution in [0.5, 0.6) is 5.75 Å². The van der Waals surface area contributed by atoms with Gasteiger partial charge in [0.15, 0.2) is 5.65 Å². The number of nitrogens with two attached hydrogens (primary N) is 1. The molecule has 204 valence electrons. The van der Waals surface area contributed by atoms with Crippen molar-refractivity contribution in [1.29, 1.82) is 0 Å². The lowest BCUT2D eigenvalue weighted by Crippen LogP contribution is -2.35. The summed E-state index contributed by atoms with van der Waals surface area (Å²) in [7, 11) is 6.03. The van der Waals surface area contributed by atoms with Gasteiger partial charge in [-0.2, -0.15) is 9.61 Å². The Morgan fingerprint density at radius 2 is 1.89 bits per heavy atom. The number of nitrogens with zero attached hydrogens (tertiary/aromatic N) is 7. The van der Waals surface area contributed by atoms with Crippen LogP contribution in [0.4, 0.5) is 11.6 Å². The molecule has 2 aliphatic rings. The summed E-state index contributed by atoms with van der Waals surface area (Å²) in [6.45, 7) is 8.68. The molecule has 0 aliphatic carbocycles. The molecule has 2 aliphatic heterocycles. The number of likely N-dealkylation sites (N-methyl/N-ethyl adjacent to an activating group) is 2. The Labute approximate surface area is 224 Å². The summed E-state index contributed by atoms with van der Waals surface area (Å²) in [4.78, 5) is 27.3. The van der Waals surface area contributed by atoms with Crippen LogP contribution in [0.2, 0.25) is 0 Å². The molecule has 10 nitrogen and oxygen atoms in total. The van der Waals surface area contributed by atoms with Crippen molar-refractivity contribution >= 4 is 23.2 Å². The zero-order chi connectivity index (χ0) is 27.0. The first-order valence-electron chi connectivity index (χ1n) is 13.6. The van der Waals surface area contributed by atoms with Gasteiger partial charge in [0.25, 0.3) is 5.91 Å². The minimum atomic E-state index is -0.210. The highest BCUT2D eigenvalue weighted by Crippen LogP contribution is 2.31. The molecule has 0 saturated carbocycles. The molecule has 0 spiro atoms. The van der Waals surface area contributed by atoms with Crippen molar-refractivity contribution in [3.05, 3.63) is 47.2 Å². The number of ether oxygens (including phenoxy) is 1. The van der Waals surface area contributed by atoms with E-state index in [4.69, 9.17) is 20.6 Å². The average Bonchev–Trinajstić information content (AvgIpc) is 3.53. The van der Waals surface area contributed by atoms with E-state index in [1.165, 1.54) is 0 Å². The first-order chi connectivity index (χ1) is 18.2. The Kier molecular flexibility index (Phi) is 7.45. The van der Waals surface area contributed by atoms with Crippen LogP contribution in [-0.4, -0.2) is 96.8 Å². The third kappa shape index (κ3) is 5.15. The summed E-state index contributed by atoms with van der Waals surface area (Å²) in [5, 5.41) is 5.02. The van der Waals surface area contributed by atoms with Crippen LogP contribution in [0.15, 0.2) is 30.3 Å². The molecule has 2 atom stereocenters. The fraction of sp³-hybridized carbons (Fsp3) is 0.536. The molecule has 0 radical (unpaired) electrons. The predicted molar refractivity (Wildman–Crippen MR) is 150 cm³/mol. The standard InChI is InChI=1S/C28H40N8O2/c1-6-23-22-16-26-30-25(35-10-9-20(29)18-35)17-27(36(26)31-22)33(4)12-11-32(3)13-14-38-24-8-7-19(2)15-21(24)28(37)34(23)5/h7-8,15-17,20,23H,6,9-14,18,29H2,1-5H3/t20-,23-/m0/s1. The number of carbonyl (C=O) groups is 1. The average molecular weight is 521 g/mol. The van der Waals surface area contributed by atoms with Gasteiger partial charge in [0.1, 0.15) is 24.0 Å². The maximum Gasteiger partial charge on any atom is 0.257 e. The number of hydrogen-bond acceptors (Lipinski definition) is 8. The van der Waals surface area contributed by atoms with Crippen LogP contribution in [0.1, 0.15) is 47.4 Å². The Morgan fingerprint density at radius 1 is 1.08 bits per heavy atom. The van der Waals surface area contributed by atoms with Gasteiger partial charge >= 0.3 is 0 Å². The molecule has 2 aromatic heterocycles. The smallest absolute Gasteiger partial charge is 0.257 e. The highest BCUT2D eigenvalue weighted by Gasteiger charge is 2.28. The van der Waals surface area contributed by atoms with Crippen molar-refractivity contribution in [2.45, 2.75) is 38.8 Å². The number of carbonyl (C=O) groups excluding carboxylic acids is 1. The normalized spacial score (nSPS) is 21.8. The SMILES string of the molecule is CC[C@H]1c2cc3nc(N4CC[C@H](N)C4)cc(n3n2)N(C)CCN(C)CCOc2ccc(C)cc2C(=O)N1C. The summed E-state index contributed by atoms with van der Waals surface area (Å²) < 4.78 is 8.06. The van der Waals surface area contributed by atoms with Crippen LogP contribution in [0, 0.1) is 6.92 Å². The summed E-state index contributed by atoms with van der Waals surface area (Å²) >= 11 is 0. The van der Waals surface area contributed by atoms with Crippen molar-refractivity contribution in [3.63, 3.8) is 0 Å². The van der Waals surface area contributed by atoms with Gasteiger partial charge in [0.2, 0.25) is 0 Å². The summed E-state index contributed by atoms with van der Waals surface area (Å²) in [5.74, 6) is 2.43. The number of fused-ring (bicyclic) bond motifs is 2. The van der Waals surface area contributed by atoms with Gasteiger partial charge < -0.3 is 30.1 Å². The van der Waals surface area contributed by atoms with Crippen LogP contribution in [0.3, 0.4) is 0 Å². The van der Waals surface area contributed by atoms with E-state index in [1.807, 2.05) is 42.8 Å². The first kappa shape index (κ1) is 26.2. The van der Waals surface area contributed by atoms with Crippen molar-refractivity contribution in [2.75, 3.05) is 70.3 Å². The van der Waals surface area contributed by atoms with Crippen molar-refractivity contribution in [2.24, 2.45) is 5.73 Å². The van der Waals surface area contributed by atoms with E-state index in [-0.39, 0.29) is 18.0 Å². The van der Waals surface area contributed by atoms with Gasteiger partial charge in [-0.25, -0.2) is 4.98 Å². The van der Waals surface area contributed by atoms with Crippen LogP contribution < -0.4 is 20.3 Å². The lowest BCUT2D eigenvalue weighted by Gasteiger charge is -2.28. The molecule has 5 rings (SSSR count). The minimum absolute atomic E-state index is 0.0786. The quantitative estimate of drug-likeness (QED) is 0.551. The molecule has 1 amide bonds. The number of amides is 1. The van der Waals surface area contributed by atoms with Gasteiger partial charge in [0, 0.05) is 65.0 Å². The molecule has 1 aromatic carbocycles. The van der Waals surface area contributed by atoms with Crippen LogP contribution in [0.25, 0.3) is 5.65 Å². The number of hydrogen-bond donors (Lipinski definition) is 1. The fourth-order valence-corrected chi connectivity index (χ4v) is 5.36. The van der Waals surface area contributed by atoms with Gasteiger partial charge in [-0.3, -0.25) is 4.79 Å². The zero-order valence-corrected chi connectivity index (χ0v) is 23.2. The second kappa shape index (κ2) is 10.8. The molecular weight excluding hydrogens is 480 g/mol. The van der Waals surface area contributed by atoms with Gasteiger partial charge in [0.05, 0.1) is 17.3 Å². The Hall–Kier alpha value is -3.37. The molecule has 1 fully saturated rings. The van der Waals surface area contributed by atoms with E-state index < -0.39 is 0 Å².